The van der Waals surface area contributed by atoms with Crippen LogP contribution in [0.3, 0.4) is 0 Å². The summed E-state index contributed by atoms with van der Waals surface area (Å²) in [5.74, 6) is 1.18. The second kappa shape index (κ2) is 5.80. The molecule has 0 spiro atoms. The minimum Gasteiger partial charge on any atom is -0.353 e. The van der Waals surface area contributed by atoms with Crippen LogP contribution in [-0.4, -0.2) is 24.6 Å². The van der Waals surface area contributed by atoms with E-state index in [1.54, 1.807) is 0 Å². The zero-order valence-electron chi connectivity index (χ0n) is 12.4. The molecule has 1 aromatic carbocycles. The number of benzene rings is 1. The van der Waals surface area contributed by atoms with Gasteiger partial charge >= 0.3 is 0 Å². The first kappa shape index (κ1) is 13.4. The first-order valence-corrected chi connectivity index (χ1v) is 7.63. The molecule has 2 aromatic rings. The Bertz CT molecular complexity index is 594. The van der Waals surface area contributed by atoms with Gasteiger partial charge in [0.25, 0.3) is 0 Å². The highest BCUT2D eigenvalue weighted by molar-refractivity contribution is 5.82. The first-order chi connectivity index (χ1) is 9.83. The van der Waals surface area contributed by atoms with Crippen LogP contribution in [0, 0.1) is 0 Å². The van der Waals surface area contributed by atoms with Gasteiger partial charge in [0.1, 0.15) is 5.82 Å². The van der Waals surface area contributed by atoms with Crippen LogP contribution in [0.15, 0.2) is 30.3 Å². The number of hydrogen-bond acceptors (Lipinski definition) is 3. The van der Waals surface area contributed by atoms with E-state index in [-0.39, 0.29) is 0 Å². The largest absolute Gasteiger partial charge is 0.353 e. The zero-order valence-corrected chi connectivity index (χ0v) is 12.4. The van der Waals surface area contributed by atoms with Crippen molar-refractivity contribution < 1.29 is 0 Å². The molecule has 1 aliphatic rings. The average Bonchev–Trinajstić information content (AvgIpc) is 2.95. The van der Waals surface area contributed by atoms with Crippen molar-refractivity contribution in [2.45, 2.75) is 38.8 Å². The predicted octanol–water partition coefficient (Wildman–Crippen LogP) is 3.33. The molecule has 1 aliphatic heterocycles. The number of aromatic nitrogens is 1. The van der Waals surface area contributed by atoms with E-state index in [1.807, 2.05) is 7.05 Å². The minimum atomic E-state index is 0.652. The van der Waals surface area contributed by atoms with Crippen LogP contribution in [0.5, 0.6) is 0 Å². The number of hydrogen-bond donors (Lipinski definition) is 1. The molecule has 0 amide bonds. The number of nitrogens with one attached hydrogen (secondary N) is 1. The lowest BCUT2D eigenvalue weighted by molar-refractivity contribution is 0.637. The highest BCUT2D eigenvalue weighted by Crippen LogP contribution is 2.30. The lowest BCUT2D eigenvalue weighted by atomic mass is 10.1. The number of pyridine rings is 1. The van der Waals surface area contributed by atoms with Gasteiger partial charge in [-0.2, -0.15) is 0 Å². The number of nitrogens with zero attached hydrogens (tertiary/aromatic N) is 2. The summed E-state index contributed by atoms with van der Waals surface area (Å²) >= 11 is 0. The van der Waals surface area contributed by atoms with Crippen molar-refractivity contribution in [3.63, 3.8) is 0 Å². The topological polar surface area (TPSA) is 28.2 Å². The molecule has 0 saturated carbocycles. The van der Waals surface area contributed by atoms with Gasteiger partial charge in [0, 0.05) is 30.1 Å². The molecule has 1 fully saturated rings. The molecule has 3 nitrogen and oxygen atoms in total. The summed E-state index contributed by atoms with van der Waals surface area (Å²) in [5.41, 5.74) is 2.41. The summed E-state index contributed by atoms with van der Waals surface area (Å²) in [6.45, 7) is 4.29. The molecule has 0 aliphatic carbocycles. The summed E-state index contributed by atoms with van der Waals surface area (Å²) in [6.07, 6.45) is 3.78. The average molecular weight is 269 g/mol. The highest BCUT2D eigenvalue weighted by atomic mass is 15.2. The molecule has 0 radical (unpaired) electrons. The normalized spacial score (nSPS) is 18.9. The molecule has 106 valence electrons. The van der Waals surface area contributed by atoms with Crippen LogP contribution < -0.4 is 10.2 Å². The van der Waals surface area contributed by atoms with E-state index in [1.165, 1.54) is 36.0 Å². The Hall–Kier alpha value is -1.61. The standard InChI is InChI=1S/C17H23N3/c1-3-15-8-6-10-20(15)17-14(12-18-2)11-13-7-4-5-9-16(13)19-17/h4-5,7,9,11,15,18H,3,6,8,10,12H2,1-2H3. The Balaban J connectivity index is 2.09. The second-order valence-electron chi connectivity index (χ2n) is 5.59. The lowest BCUT2D eigenvalue weighted by Gasteiger charge is -2.27. The smallest absolute Gasteiger partial charge is 0.134 e. The van der Waals surface area contributed by atoms with Crippen LogP contribution in [0.25, 0.3) is 10.9 Å². The Labute approximate surface area is 121 Å². The van der Waals surface area contributed by atoms with Gasteiger partial charge in [0.05, 0.1) is 5.52 Å². The fraction of sp³-hybridized carbons (Fsp3) is 0.471. The van der Waals surface area contributed by atoms with Crippen molar-refractivity contribution in [3.8, 4) is 0 Å². The van der Waals surface area contributed by atoms with Crippen molar-refractivity contribution in [3.05, 3.63) is 35.9 Å². The van der Waals surface area contributed by atoms with Gasteiger partial charge in [-0.3, -0.25) is 0 Å². The summed E-state index contributed by atoms with van der Waals surface area (Å²) in [4.78, 5) is 7.47. The molecule has 1 atom stereocenters. The number of para-hydroxylation sites is 1. The monoisotopic (exact) mass is 269 g/mol. The fourth-order valence-electron chi connectivity index (χ4n) is 3.26. The maximum absolute atomic E-state index is 4.96. The molecular weight excluding hydrogens is 246 g/mol. The van der Waals surface area contributed by atoms with Gasteiger partial charge in [-0.05, 0) is 38.4 Å². The van der Waals surface area contributed by atoms with Crippen molar-refractivity contribution in [2.24, 2.45) is 0 Å². The molecule has 1 aromatic heterocycles. The van der Waals surface area contributed by atoms with Crippen LogP contribution in [0.1, 0.15) is 31.7 Å². The van der Waals surface area contributed by atoms with Crippen LogP contribution >= 0.6 is 0 Å². The van der Waals surface area contributed by atoms with E-state index in [2.05, 4.69) is 47.5 Å². The SMILES string of the molecule is CCC1CCCN1c1nc2ccccc2cc1CNC. The summed E-state index contributed by atoms with van der Waals surface area (Å²) in [6, 6.07) is 11.3. The van der Waals surface area contributed by atoms with E-state index in [9.17, 15) is 0 Å². The van der Waals surface area contributed by atoms with Gasteiger partial charge in [-0.25, -0.2) is 4.98 Å². The first-order valence-electron chi connectivity index (χ1n) is 7.63. The Kier molecular flexibility index (Phi) is 3.88. The molecule has 3 heteroatoms. The van der Waals surface area contributed by atoms with E-state index in [0.29, 0.717) is 6.04 Å². The molecule has 1 unspecified atom stereocenters. The predicted molar refractivity (Wildman–Crippen MR) is 85.2 cm³/mol. The molecule has 1 N–H and O–H groups in total. The Morgan fingerprint density at radius 1 is 1.35 bits per heavy atom. The van der Waals surface area contributed by atoms with Crippen molar-refractivity contribution >= 4 is 16.7 Å². The molecule has 0 bridgehead atoms. The van der Waals surface area contributed by atoms with Gasteiger partial charge in [0.2, 0.25) is 0 Å². The van der Waals surface area contributed by atoms with E-state index in [0.717, 1.165) is 18.6 Å². The van der Waals surface area contributed by atoms with E-state index in [4.69, 9.17) is 4.98 Å². The van der Waals surface area contributed by atoms with E-state index >= 15 is 0 Å². The number of rotatable bonds is 4. The molecule has 1 saturated heterocycles. The lowest BCUT2D eigenvalue weighted by Crippen LogP contribution is -2.30. The summed E-state index contributed by atoms with van der Waals surface area (Å²) in [7, 11) is 2.00. The van der Waals surface area contributed by atoms with Gasteiger partial charge in [-0.15, -0.1) is 0 Å². The van der Waals surface area contributed by atoms with Gasteiger partial charge in [-0.1, -0.05) is 25.1 Å². The van der Waals surface area contributed by atoms with Crippen LogP contribution in [-0.2, 0) is 6.54 Å². The zero-order chi connectivity index (χ0) is 13.9. The van der Waals surface area contributed by atoms with Gasteiger partial charge in [0.15, 0.2) is 0 Å². The molecule has 20 heavy (non-hydrogen) atoms. The maximum atomic E-state index is 4.96. The van der Waals surface area contributed by atoms with E-state index < -0.39 is 0 Å². The Morgan fingerprint density at radius 2 is 2.20 bits per heavy atom. The fourth-order valence-corrected chi connectivity index (χ4v) is 3.26. The Morgan fingerprint density at radius 3 is 3.00 bits per heavy atom. The number of anilines is 1. The third kappa shape index (κ3) is 2.38. The van der Waals surface area contributed by atoms with Crippen molar-refractivity contribution in [1.82, 2.24) is 10.3 Å². The van der Waals surface area contributed by atoms with Crippen LogP contribution in [0.2, 0.25) is 0 Å². The quantitative estimate of drug-likeness (QED) is 0.922. The molecule has 3 rings (SSSR count). The third-order valence-corrected chi connectivity index (χ3v) is 4.27. The summed E-state index contributed by atoms with van der Waals surface area (Å²) < 4.78 is 0. The minimum absolute atomic E-state index is 0.652. The highest BCUT2D eigenvalue weighted by Gasteiger charge is 2.26. The van der Waals surface area contributed by atoms with Crippen LogP contribution in [0.4, 0.5) is 5.82 Å². The molecule has 2 heterocycles. The summed E-state index contributed by atoms with van der Waals surface area (Å²) in [5, 5.41) is 4.51. The second-order valence-corrected chi connectivity index (χ2v) is 5.59. The molecular formula is C17H23N3. The van der Waals surface area contributed by atoms with Crippen molar-refractivity contribution in [2.75, 3.05) is 18.5 Å². The van der Waals surface area contributed by atoms with Crippen molar-refractivity contribution in [1.29, 1.82) is 0 Å². The number of fused-ring (bicyclic) bond motifs is 1. The maximum Gasteiger partial charge on any atom is 0.134 e. The van der Waals surface area contributed by atoms with Gasteiger partial charge < -0.3 is 10.2 Å². The third-order valence-electron chi connectivity index (χ3n) is 4.27.